The van der Waals surface area contributed by atoms with Gasteiger partial charge in [0.2, 0.25) is 0 Å². The Morgan fingerprint density at radius 2 is 1.19 bits per heavy atom. The molecule has 12 rings (SSSR count). The Labute approximate surface area is 331 Å². The van der Waals surface area contributed by atoms with Crippen LogP contribution in [0.15, 0.2) is 180 Å². The van der Waals surface area contributed by atoms with Crippen LogP contribution >= 0.6 is 0 Å². The minimum absolute atomic E-state index is 0.0530. The van der Waals surface area contributed by atoms with E-state index < -0.39 is 0 Å². The van der Waals surface area contributed by atoms with Gasteiger partial charge in [-0.1, -0.05) is 135 Å². The predicted octanol–water partition coefficient (Wildman–Crippen LogP) is 13.9. The smallest absolute Gasteiger partial charge is 0.159 e. The third-order valence-electron chi connectivity index (χ3n) is 12.8. The van der Waals surface area contributed by atoms with Crippen LogP contribution in [0.1, 0.15) is 36.7 Å². The summed E-state index contributed by atoms with van der Waals surface area (Å²) in [6.45, 7) is 4.71. The minimum atomic E-state index is -0.0738. The molecule has 1 atom stereocenters. The van der Waals surface area contributed by atoms with Gasteiger partial charge < -0.3 is 18.8 Å². The average Bonchev–Trinajstić information content (AvgIpc) is 3.96. The van der Waals surface area contributed by atoms with Crippen molar-refractivity contribution in [2.75, 3.05) is 16.8 Å². The van der Waals surface area contributed by atoms with Crippen LogP contribution in [-0.4, -0.2) is 11.6 Å². The van der Waals surface area contributed by atoms with Gasteiger partial charge in [-0.25, -0.2) is 0 Å². The first kappa shape index (κ1) is 32.2. The molecule has 1 unspecified atom stereocenters. The Kier molecular flexibility index (Phi) is 6.64. The summed E-state index contributed by atoms with van der Waals surface area (Å²) in [5.41, 5.74) is 17.7. The summed E-state index contributed by atoms with van der Waals surface area (Å²) < 4.78 is 9.36. The summed E-state index contributed by atoms with van der Waals surface area (Å²) in [6.07, 6.45) is 0.0530. The highest BCUT2D eigenvalue weighted by molar-refractivity contribution is 6.16. The zero-order chi connectivity index (χ0) is 38.0. The van der Waals surface area contributed by atoms with Gasteiger partial charge in [-0.15, -0.1) is 0 Å². The molecule has 57 heavy (non-hydrogen) atoms. The second-order valence-electron chi connectivity index (χ2n) is 16.2. The van der Waals surface area contributed by atoms with Crippen molar-refractivity contribution < 1.29 is 4.42 Å². The standard InChI is InChI=1S/C53H39N3O/c1-53(2)42-21-9-7-17-37(42)40-32-48-41(31-43(40)53)38-18-8-10-22-44(38)56(48)47-25-13-20-39-50-36(19-14-26-49(50)57-51(39)47)33-27-29-35(30-28-33)55-46-24-12-11-23-45(46)54(3)52(55)34-15-5-4-6-16-34/h4-32,52H,1-3H3. The molecule has 0 radical (unpaired) electrons. The molecule has 4 nitrogen and oxygen atoms in total. The fraction of sp³-hybridized carbons (Fsp3) is 0.0943. The maximum Gasteiger partial charge on any atom is 0.159 e. The van der Waals surface area contributed by atoms with E-state index in [9.17, 15) is 0 Å². The Balaban J connectivity index is 1.02. The van der Waals surface area contributed by atoms with Gasteiger partial charge in [0.25, 0.3) is 0 Å². The maximum atomic E-state index is 6.93. The van der Waals surface area contributed by atoms with Crippen molar-refractivity contribution in [2.24, 2.45) is 0 Å². The van der Waals surface area contributed by atoms with Crippen LogP contribution in [0.3, 0.4) is 0 Å². The predicted molar refractivity (Wildman–Crippen MR) is 237 cm³/mol. The molecule has 2 aromatic heterocycles. The molecule has 3 heterocycles. The highest BCUT2D eigenvalue weighted by atomic mass is 16.3. The van der Waals surface area contributed by atoms with E-state index in [-0.39, 0.29) is 11.6 Å². The molecule has 0 spiro atoms. The lowest BCUT2D eigenvalue weighted by molar-refractivity contribution is 0.661. The zero-order valence-electron chi connectivity index (χ0n) is 32.1. The largest absolute Gasteiger partial charge is 0.454 e. The van der Waals surface area contributed by atoms with Crippen molar-refractivity contribution in [1.29, 1.82) is 0 Å². The van der Waals surface area contributed by atoms with Crippen molar-refractivity contribution in [3.8, 4) is 27.9 Å². The number of hydrogen-bond acceptors (Lipinski definition) is 3. The number of fused-ring (bicyclic) bond motifs is 10. The van der Waals surface area contributed by atoms with Gasteiger partial charge in [0.05, 0.1) is 28.1 Å². The molecule has 8 aromatic carbocycles. The van der Waals surface area contributed by atoms with E-state index in [1.165, 1.54) is 61.0 Å². The van der Waals surface area contributed by atoms with E-state index in [2.05, 4.69) is 211 Å². The first-order valence-electron chi connectivity index (χ1n) is 19.9. The molecule has 0 saturated heterocycles. The number of rotatable bonds is 4. The van der Waals surface area contributed by atoms with Crippen LogP contribution in [-0.2, 0) is 5.41 Å². The number of furan rings is 1. The van der Waals surface area contributed by atoms with Crippen molar-refractivity contribution >= 4 is 60.8 Å². The van der Waals surface area contributed by atoms with Gasteiger partial charge in [0.1, 0.15) is 11.7 Å². The van der Waals surface area contributed by atoms with Gasteiger partial charge >= 0.3 is 0 Å². The molecular weight excluding hydrogens is 695 g/mol. The van der Waals surface area contributed by atoms with E-state index in [1.54, 1.807) is 0 Å². The third kappa shape index (κ3) is 4.44. The number of aromatic nitrogens is 1. The molecular formula is C53H39N3O. The second kappa shape index (κ2) is 11.7. The normalized spacial score (nSPS) is 15.5. The average molecular weight is 734 g/mol. The Morgan fingerprint density at radius 1 is 0.509 bits per heavy atom. The highest BCUT2D eigenvalue weighted by Crippen LogP contribution is 2.52. The summed E-state index contributed by atoms with van der Waals surface area (Å²) in [7, 11) is 2.19. The van der Waals surface area contributed by atoms with E-state index in [0.29, 0.717) is 0 Å². The zero-order valence-corrected chi connectivity index (χ0v) is 32.1. The number of para-hydroxylation sites is 4. The fourth-order valence-electron chi connectivity index (χ4n) is 10.2. The minimum Gasteiger partial charge on any atom is -0.454 e. The third-order valence-corrected chi connectivity index (χ3v) is 12.8. The molecule has 0 bridgehead atoms. The van der Waals surface area contributed by atoms with E-state index >= 15 is 0 Å². The van der Waals surface area contributed by atoms with Crippen LogP contribution < -0.4 is 9.80 Å². The van der Waals surface area contributed by atoms with Gasteiger partial charge in [-0.3, -0.25) is 0 Å². The lowest BCUT2D eigenvalue weighted by Crippen LogP contribution is -2.30. The molecule has 1 aliphatic heterocycles. The van der Waals surface area contributed by atoms with E-state index in [0.717, 1.165) is 44.4 Å². The van der Waals surface area contributed by atoms with Gasteiger partial charge in [0.15, 0.2) is 5.58 Å². The Bertz CT molecular complexity index is 3240. The Morgan fingerprint density at radius 3 is 2.05 bits per heavy atom. The monoisotopic (exact) mass is 733 g/mol. The summed E-state index contributed by atoms with van der Waals surface area (Å²) in [6, 6.07) is 64.2. The molecule has 10 aromatic rings. The maximum absolute atomic E-state index is 6.93. The van der Waals surface area contributed by atoms with Gasteiger partial charge in [-0.2, -0.15) is 0 Å². The topological polar surface area (TPSA) is 24.6 Å². The fourth-order valence-corrected chi connectivity index (χ4v) is 10.2. The molecule has 0 N–H and O–H groups in total. The first-order chi connectivity index (χ1) is 28.0. The van der Waals surface area contributed by atoms with Crippen LogP contribution in [0, 0.1) is 0 Å². The molecule has 0 saturated carbocycles. The lowest BCUT2D eigenvalue weighted by atomic mass is 9.82. The molecule has 4 heteroatoms. The number of hydrogen-bond donors (Lipinski definition) is 0. The van der Waals surface area contributed by atoms with Gasteiger partial charge in [0, 0.05) is 39.7 Å². The quantitative estimate of drug-likeness (QED) is 0.180. The van der Waals surface area contributed by atoms with Crippen molar-refractivity contribution in [3.63, 3.8) is 0 Å². The Hall–Kier alpha value is -7.04. The number of nitrogens with zero attached hydrogens (tertiary/aromatic N) is 3. The van der Waals surface area contributed by atoms with Crippen molar-refractivity contribution in [2.45, 2.75) is 25.4 Å². The highest BCUT2D eigenvalue weighted by Gasteiger charge is 2.37. The SMILES string of the molecule is CN1c2ccccc2N(c2ccc(-c3cccc4oc5c(-n6c7ccccc7c7cc8c(cc76)-c6ccccc6C8(C)C)cccc5c34)cc2)C1c1ccccc1. The summed E-state index contributed by atoms with van der Waals surface area (Å²) >= 11 is 0. The van der Waals surface area contributed by atoms with Crippen LogP contribution in [0.4, 0.5) is 17.1 Å². The summed E-state index contributed by atoms with van der Waals surface area (Å²) in [5.74, 6) is 0. The van der Waals surface area contributed by atoms with Crippen molar-refractivity contribution in [1.82, 2.24) is 4.57 Å². The van der Waals surface area contributed by atoms with Gasteiger partial charge in [-0.05, 0) is 93.5 Å². The van der Waals surface area contributed by atoms with Crippen molar-refractivity contribution in [3.05, 3.63) is 193 Å². The first-order valence-corrected chi connectivity index (χ1v) is 19.9. The van der Waals surface area contributed by atoms with Crippen LogP contribution in [0.2, 0.25) is 0 Å². The second-order valence-corrected chi connectivity index (χ2v) is 16.2. The summed E-state index contributed by atoms with van der Waals surface area (Å²) in [5, 5.41) is 4.76. The van der Waals surface area contributed by atoms with Crippen LogP contribution in [0.5, 0.6) is 0 Å². The molecule has 1 aliphatic carbocycles. The molecule has 272 valence electrons. The van der Waals surface area contributed by atoms with E-state index in [4.69, 9.17) is 4.42 Å². The summed E-state index contributed by atoms with van der Waals surface area (Å²) in [4.78, 5) is 4.83. The molecule has 0 amide bonds. The lowest BCUT2D eigenvalue weighted by Gasteiger charge is -2.31. The number of benzene rings is 8. The molecule has 2 aliphatic rings. The number of anilines is 3. The molecule has 0 fully saturated rings. The van der Waals surface area contributed by atoms with Crippen LogP contribution in [0.25, 0.3) is 71.7 Å². The van der Waals surface area contributed by atoms with E-state index in [1.807, 2.05) is 0 Å².